The summed E-state index contributed by atoms with van der Waals surface area (Å²) in [6.45, 7) is 8.25. The topological polar surface area (TPSA) is 112 Å². The zero-order valence-electron chi connectivity index (χ0n) is 20.8. The van der Waals surface area contributed by atoms with Crippen LogP contribution in [0.15, 0.2) is 42.5 Å². The molecule has 3 rings (SSSR count). The number of carboxylic acid groups (broad SMARTS) is 1. The molecule has 7 heteroatoms. The maximum absolute atomic E-state index is 13.4. The highest BCUT2D eigenvalue weighted by atomic mass is 16.5. The van der Waals surface area contributed by atoms with Crippen LogP contribution in [0.3, 0.4) is 0 Å². The normalized spacial score (nSPS) is 10.9. The van der Waals surface area contributed by atoms with Gasteiger partial charge < -0.3 is 20.3 Å². The zero-order valence-corrected chi connectivity index (χ0v) is 20.8. The van der Waals surface area contributed by atoms with E-state index in [1.54, 1.807) is 12.1 Å². The fraction of sp³-hybridized carbons (Fsp3) is 0.321. The standard InChI is InChI=1S/C28H32N2O5/c1-16(2)12-23-22(14-29)26(20-9-6-17(3)7-10-20)25(18(4)30-23)28(33)35-15-19-8-11-21(27(31)32)24(13-19)34-5/h6-11,13,16H,12,14-15,29H2,1-5H3,(H,31,32). The Bertz CT molecular complexity index is 1230. The van der Waals surface area contributed by atoms with E-state index in [0.29, 0.717) is 22.7 Å². The number of aromatic nitrogens is 1. The summed E-state index contributed by atoms with van der Waals surface area (Å²) in [6.07, 6.45) is 0.747. The van der Waals surface area contributed by atoms with E-state index < -0.39 is 11.9 Å². The molecule has 0 aliphatic rings. The number of benzene rings is 2. The molecule has 1 aromatic heterocycles. The van der Waals surface area contributed by atoms with Gasteiger partial charge in [-0.05, 0) is 55.0 Å². The third-order valence-corrected chi connectivity index (χ3v) is 5.78. The van der Waals surface area contributed by atoms with Crippen molar-refractivity contribution in [3.05, 3.63) is 81.7 Å². The SMILES string of the molecule is COc1cc(COC(=O)c2c(C)nc(CC(C)C)c(CN)c2-c2ccc(C)cc2)ccc1C(=O)O. The van der Waals surface area contributed by atoms with Gasteiger partial charge in [0.15, 0.2) is 0 Å². The molecule has 3 N–H and O–H groups in total. The van der Waals surface area contributed by atoms with E-state index in [9.17, 15) is 14.7 Å². The highest BCUT2D eigenvalue weighted by molar-refractivity contribution is 5.99. The number of ether oxygens (including phenoxy) is 2. The van der Waals surface area contributed by atoms with Crippen LogP contribution in [0.1, 0.15) is 62.6 Å². The summed E-state index contributed by atoms with van der Waals surface area (Å²) < 4.78 is 10.9. The summed E-state index contributed by atoms with van der Waals surface area (Å²) in [5.41, 5.74) is 12.3. The number of methoxy groups -OCH3 is 1. The molecule has 0 atom stereocenters. The van der Waals surface area contributed by atoms with E-state index in [1.165, 1.54) is 13.2 Å². The summed E-state index contributed by atoms with van der Waals surface area (Å²) in [6, 6.07) is 12.5. The molecule has 0 bridgehead atoms. The van der Waals surface area contributed by atoms with Crippen LogP contribution in [0.5, 0.6) is 5.75 Å². The summed E-state index contributed by atoms with van der Waals surface area (Å²) in [4.78, 5) is 29.5. The summed E-state index contributed by atoms with van der Waals surface area (Å²) in [5.74, 6) is -1.03. The van der Waals surface area contributed by atoms with Crippen molar-refractivity contribution >= 4 is 11.9 Å². The first-order valence-corrected chi connectivity index (χ1v) is 11.5. The highest BCUT2D eigenvalue weighted by Crippen LogP contribution is 2.33. The number of carbonyl (C=O) groups is 2. The van der Waals surface area contributed by atoms with Crippen molar-refractivity contribution in [1.82, 2.24) is 4.98 Å². The monoisotopic (exact) mass is 476 g/mol. The van der Waals surface area contributed by atoms with Gasteiger partial charge in [-0.15, -0.1) is 0 Å². The number of hydrogen-bond acceptors (Lipinski definition) is 6. The number of carboxylic acids is 1. The van der Waals surface area contributed by atoms with E-state index in [0.717, 1.165) is 34.4 Å². The van der Waals surface area contributed by atoms with Crippen LogP contribution in [0.2, 0.25) is 0 Å². The van der Waals surface area contributed by atoms with E-state index >= 15 is 0 Å². The second-order valence-corrected chi connectivity index (χ2v) is 8.96. The van der Waals surface area contributed by atoms with Gasteiger partial charge in [0.1, 0.15) is 17.9 Å². The average molecular weight is 477 g/mol. The van der Waals surface area contributed by atoms with Gasteiger partial charge >= 0.3 is 11.9 Å². The van der Waals surface area contributed by atoms with Crippen molar-refractivity contribution in [2.45, 2.75) is 47.3 Å². The van der Waals surface area contributed by atoms with Crippen molar-refractivity contribution < 1.29 is 24.2 Å². The number of nitrogens with two attached hydrogens (primary N) is 1. The first-order chi connectivity index (χ1) is 16.7. The van der Waals surface area contributed by atoms with Crippen LogP contribution in [-0.2, 0) is 24.3 Å². The summed E-state index contributed by atoms with van der Waals surface area (Å²) in [7, 11) is 1.40. The van der Waals surface area contributed by atoms with E-state index in [4.69, 9.17) is 20.2 Å². The quantitative estimate of drug-likeness (QED) is 0.414. The lowest BCUT2D eigenvalue weighted by Crippen LogP contribution is -2.17. The van der Waals surface area contributed by atoms with Crippen molar-refractivity contribution in [3.63, 3.8) is 0 Å². The molecule has 0 unspecified atom stereocenters. The highest BCUT2D eigenvalue weighted by Gasteiger charge is 2.25. The maximum Gasteiger partial charge on any atom is 0.340 e. The minimum Gasteiger partial charge on any atom is -0.496 e. The van der Waals surface area contributed by atoms with Crippen molar-refractivity contribution in [2.24, 2.45) is 11.7 Å². The second-order valence-electron chi connectivity index (χ2n) is 8.96. The number of rotatable bonds is 9. The van der Waals surface area contributed by atoms with Crippen LogP contribution in [0.25, 0.3) is 11.1 Å². The molecule has 35 heavy (non-hydrogen) atoms. The Kier molecular flexibility index (Phi) is 8.25. The Labute approximate surface area is 205 Å². The van der Waals surface area contributed by atoms with Crippen LogP contribution in [0, 0.1) is 19.8 Å². The summed E-state index contributed by atoms with van der Waals surface area (Å²) in [5, 5.41) is 9.28. The molecule has 0 saturated heterocycles. The largest absolute Gasteiger partial charge is 0.496 e. The molecule has 0 aliphatic heterocycles. The number of hydrogen-bond donors (Lipinski definition) is 2. The minimum atomic E-state index is -1.09. The molecule has 3 aromatic rings. The molecule has 0 fully saturated rings. The van der Waals surface area contributed by atoms with Crippen molar-refractivity contribution in [1.29, 1.82) is 0 Å². The van der Waals surface area contributed by atoms with E-state index in [1.807, 2.05) is 38.1 Å². The van der Waals surface area contributed by atoms with Crippen LogP contribution in [0.4, 0.5) is 0 Å². The molecular weight excluding hydrogens is 444 g/mol. The van der Waals surface area contributed by atoms with Crippen LogP contribution in [-0.4, -0.2) is 29.1 Å². The first kappa shape index (κ1) is 25.9. The Morgan fingerprint density at radius 1 is 1.09 bits per heavy atom. The Morgan fingerprint density at radius 2 is 1.77 bits per heavy atom. The van der Waals surface area contributed by atoms with Gasteiger partial charge in [0.05, 0.1) is 18.4 Å². The lowest BCUT2D eigenvalue weighted by atomic mass is 9.90. The number of nitrogens with zero attached hydrogens (tertiary/aromatic N) is 1. The lowest BCUT2D eigenvalue weighted by molar-refractivity contribution is 0.0470. The van der Waals surface area contributed by atoms with Crippen molar-refractivity contribution in [3.8, 4) is 16.9 Å². The molecule has 184 valence electrons. The van der Waals surface area contributed by atoms with Gasteiger partial charge in [-0.25, -0.2) is 9.59 Å². The maximum atomic E-state index is 13.4. The second kappa shape index (κ2) is 11.1. The predicted octanol–water partition coefficient (Wildman–Crippen LogP) is 5.09. The lowest BCUT2D eigenvalue weighted by Gasteiger charge is -2.20. The molecule has 7 nitrogen and oxygen atoms in total. The number of esters is 1. The van der Waals surface area contributed by atoms with E-state index in [2.05, 4.69) is 13.8 Å². The van der Waals surface area contributed by atoms with Crippen molar-refractivity contribution in [2.75, 3.05) is 7.11 Å². The Hall–Kier alpha value is -3.71. The number of carbonyl (C=O) groups excluding carboxylic acids is 1. The molecule has 0 spiro atoms. The number of aromatic carboxylic acids is 1. The van der Waals surface area contributed by atoms with Gasteiger partial charge in [-0.2, -0.15) is 0 Å². The van der Waals surface area contributed by atoms with Gasteiger partial charge in [0, 0.05) is 17.8 Å². The van der Waals surface area contributed by atoms with Crippen LogP contribution >= 0.6 is 0 Å². The van der Waals surface area contributed by atoms with Gasteiger partial charge in [0.2, 0.25) is 0 Å². The predicted molar refractivity (Wildman–Crippen MR) is 135 cm³/mol. The molecule has 0 aliphatic carbocycles. The zero-order chi connectivity index (χ0) is 25.7. The third kappa shape index (κ3) is 5.87. The minimum absolute atomic E-state index is 0.0395. The molecular formula is C28H32N2O5. The van der Waals surface area contributed by atoms with E-state index in [-0.39, 0.29) is 24.5 Å². The molecule has 1 heterocycles. The number of pyridine rings is 1. The smallest absolute Gasteiger partial charge is 0.340 e. The molecule has 0 radical (unpaired) electrons. The van der Waals surface area contributed by atoms with Crippen LogP contribution < -0.4 is 10.5 Å². The number of aryl methyl sites for hydroxylation is 2. The van der Waals surface area contributed by atoms with Gasteiger partial charge in [-0.1, -0.05) is 49.7 Å². The fourth-order valence-electron chi connectivity index (χ4n) is 4.09. The third-order valence-electron chi connectivity index (χ3n) is 5.78. The molecule has 0 amide bonds. The molecule has 2 aromatic carbocycles. The fourth-order valence-corrected chi connectivity index (χ4v) is 4.09. The summed E-state index contributed by atoms with van der Waals surface area (Å²) >= 11 is 0. The van der Waals surface area contributed by atoms with Gasteiger partial charge in [0.25, 0.3) is 0 Å². The Morgan fingerprint density at radius 3 is 2.34 bits per heavy atom. The Balaban J connectivity index is 2.03. The average Bonchev–Trinajstić information content (AvgIpc) is 2.82. The van der Waals surface area contributed by atoms with Gasteiger partial charge in [-0.3, -0.25) is 4.98 Å². The molecule has 0 saturated carbocycles. The first-order valence-electron chi connectivity index (χ1n) is 11.5.